The normalized spacial score (nSPS) is 10.2. The fourth-order valence-electron chi connectivity index (χ4n) is 2.39. The third-order valence-electron chi connectivity index (χ3n) is 3.53. The van der Waals surface area contributed by atoms with E-state index in [9.17, 15) is 0 Å². The van der Waals surface area contributed by atoms with Gasteiger partial charge >= 0.3 is 0 Å². The fourth-order valence-corrected chi connectivity index (χ4v) is 6.88. The van der Waals surface area contributed by atoms with Crippen molar-refractivity contribution in [3.63, 3.8) is 0 Å². The van der Waals surface area contributed by atoms with Crippen molar-refractivity contribution in [3.8, 4) is 0 Å². The summed E-state index contributed by atoms with van der Waals surface area (Å²) in [6.45, 7) is 9.36. The molecule has 0 N–H and O–H groups in total. The third kappa shape index (κ3) is 6.92. The molecule has 0 aliphatic rings. The minimum Gasteiger partial charge on any atom is -0.748 e. The van der Waals surface area contributed by atoms with Gasteiger partial charge in [-0.2, -0.15) is 6.07 Å². The van der Waals surface area contributed by atoms with Gasteiger partial charge in [-0.15, -0.1) is 26.5 Å². The second kappa shape index (κ2) is 12.8. The van der Waals surface area contributed by atoms with Crippen molar-refractivity contribution >= 4 is 26.5 Å². The van der Waals surface area contributed by atoms with E-state index in [1.807, 2.05) is 30.3 Å². The van der Waals surface area contributed by atoms with Crippen molar-refractivity contribution in [1.82, 2.24) is 0 Å². The van der Waals surface area contributed by atoms with E-state index in [1.165, 1.54) is 24.6 Å². The van der Waals surface area contributed by atoms with E-state index in [1.54, 1.807) is 10.6 Å². The van der Waals surface area contributed by atoms with Gasteiger partial charge in [-0.05, 0) is 24.6 Å². The van der Waals surface area contributed by atoms with Gasteiger partial charge in [0, 0.05) is 21.7 Å². The average molecular weight is 354 g/mol. The molecule has 0 amide bonds. The van der Waals surface area contributed by atoms with Gasteiger partial charge in [-0.3, -0.25) is 0 Å². The van der Waals surface area contributed by atoms with E-state index in [0.29, 0.717) is 0 Å². The molecule has 0 nitrogen and oxygen atoms in total. The molecule has 0 aliphatic carbocycles. The maximum Gasteiger partial charge on any atom is 0 e. The molecule has 0 bridgehead atoms. The largest absolute Gasteiger partial charge is 0.748 e. The monoisotopic (exact) mass is 354 g/mol. The van der Waals surface area contributed by atoms with Crippen LogP contribution in [0.2, 0.25) is 0 Å². The van der Waals surface area contributed by atoms with Crippen LogP contribution in [0.3, 0.4) is 0 Å². The van der Waals surface area contributed by atoms with Crippen LogP contribution in [0.1, 0.15) is 27.7 Å². The molecule has 21 heavy (non-hydrogen) atoms. The predicted molar refractivity (Wildman–Crippen MR) is 99.3 cm³/mol. The molecule has 0 saturated carbocycles. The van der Waals surface area contributed by atoms with E-state index in [0.717, 1.165) is 0 Å². The van der Waals surface area contributed by atoms with Crippen molar-refractivity contribution in [2.24, 2.45) is 0 Å². The molecule has 0 atom stereocenters. The maximum absolute atomic E-state index is 2.38. The zero-order valence-electron chi connectivity index (χ0n) is 13.8. The van der Waals surface area contributed by atoms with Crippen molar-refractivity contribution in [2.45, 2.75) is 27.7 Å². The molecule has 0 aliphatic heterocycles. The van der Waals surface area contributed by atoms with Crippen molar-refractivity contribution in [3.05, 3.63) is 48.5 Å². The minimum atomic E-state index is 0. The molecule has 2 aromatic rings. The molecule has 2 aromatic carbocycles. The Bertz CT molecular complexity index is 382. The summed E-state index contributed by atoms with van der Waals surface area (Å²) in [6.07, 6.45) is 5.39. The van der Waals surface area contributed by atoms with Gasteiger partial charge in [0.25, 0.3) is 0 Å². The van der Waals surface area contributed by atoms with Gasteiger partial charge in [0.15, 0.2) is 0 Å². The quantitative estimate of drug-likeness (QED) is 0.385. The average Bonchev–Trinajstić information content (AvgIpc) is 3.16. The van der Waals surface area contributed by atoms with Gasteiger partial charge in [-0.25, -0.2) is 12.1 Å². The van der Waals surface area contributed by atoms with Gasteiger partial charge < -0.3 is 30.3 Å². The van der Waals surface area contributed by atoms with Gasteiger partial charge in [-0.1, -0.05) is 27.7 Å². The Morgan fingerprint density at radius 3 is 1.71 bits per heavy atom. The second-order valence-corrected chi connectivity index (χ2v) is 10.3. The van der Waals surface area contributed by atoms with Crippen LogP contribution >= 0.6 is 15.8 Å². The number of hydrogen-bond acceptors (Lipinski definition) is 0. The summed E-state index contributed by atoms with van der Waals surface area (Å²) in [7, 11) is 0.274. The summed E-state index contributed by atoms with van der Waals surface area (Å²) in [4.78, 5) is 0. The Hall–Kier alpha value is 0.274. The summed E-state index contributed by atoms with van der Waals surface area (Å²) in [6, 6.07) is 17.0. The number of rotatable bonds is 6. The third-order valence-corrected chi connectivity index (χ3v) is 8.91. The van der Waals surface area contributed by atoms with Crippen LogP contribution in [0.25, 0.3) is 0 Å². The smallest absolute Gasteiger partial charge is 0 e. The zero-order valence-corrected chi connectivity index (χ0v) is 17.2. The van der Waals surface area contributed by atoms with E-state index >= 15 is 0 Å². The molecule has 0 unspecified atom stereocenters. The molecule has 2 rings (SSSR count). The first-order chi connectivity index (χ1) is 9.78. The number of hydrogen-bond donors (Lipinski definition) is 0. The first-order valence-electron chi connectivity index (χ1n) is 7.70. The van der Waals surface area contributed by atoms with E-state index < -0.39 is 0 Å². The van der Waals surface area contributed by atoms with E-state index in [4.69, 9.17) is 0 Å². The summed E-state index contributed by atoms with van der Waals surface area (Å²) in [5.74, 6) is 0. The molecule has 0 fully saturated rings. The molecular weight excluding hydrogens is 326 g/mol. The van der Waals surface area contributed by atoms with Gasteiger partial charge in [0.1, 0.15) is 0 Å². The molecule has 0 spiro atoms. The second-order valence-electron chi connectivity index (χ2n) is 4.60. The maximum atomic E-state index is 2.38. The first kappa shape index (κ1) is 21.3. The Kier molecular flexibility index (Phi) is 12.9. The molecule has 0 radical (unpaired) electrons. The van der Waals surface area contributed by atoms with Gasteiger partial charge in [0.05, 0.1) is 0 Å². The standard InChI is InChI=1S/C13H23P2.C5H5.Ti/c1-5-14(6-2)12-10-9-11-13(12)15(7-3)8-4;1-2-4-5-3-1;/h9-11H,5-8H2,1-4H3;1-5H;/q-1;-5;. The SMILES string of the molecule is CCP(CC)c1ccc[c-]1P(CC)CC.[Ti].[cH-]1[cH-][cH-][cH-][cH-]1. The van der Waals surface area contributed by atoms with Crippen molar-refractivity contribution in [2.75, 3.05) is 24.6 Å². The van der Waals surface area contributed by atoms with Crippen molar-refractivity contribution in [1.29, 1.82) is 0 Å². The van der Waals surface area contributed by atoms with Crippen LogP contribution in [-0.4, -0.2) is 24.6 Å². The molecule has 3 heteroatoms. The summed E-state index contributed by atoms with van der Waals surface area (Å²) >= 11 is 0. The van der Waals surface area contributed by atoms with Crippen LogP contribution in [0, 0.1) is 0 Å². The Morgan fingerprint density at radius 1 is 0.857 bits per heavy atom. The predicted octanol–water partition coefficient (Wildman–Crippen LogP) is 5.10. The fraction of sp³-hybridized carbons (Fsp3) is 0.444. The Morgan fingerprint density at radius 2 is 1.33 bits per heavy atom. The Labute approximate surface area is 148 Å². The molecule has 0 aromatic heterocycles. The molecule has 0 heterocycles. The summed E-state index contributed by atoms with van der Waals surface area (Å²) in [5.41, 5.74) is 0. The van der Waals surface area contributed by atoms with Gasteiger partial charge in [0.2, 0.25) is 0 Å². The Balaban J connectivity index is 0.000000562. The van der Waals surface area contributed by atoms with Crippen LogP contribution in [0.15, 0.2) is 48.5 Å². The van der Waals surface area contributed by atoms with Crippen LogP contribution < -0.4 is 10.6 Å². The summed E-state index contributed by atoms with van der Waals surface area (Å²) < 4.78 is 0. The minimum absolute atomic E-state index is 0. The van der Waals surface area contributed by atoms with Crippen molar-refractivity contribution < 1.29 is 21.7 Å². The van der Waals surface area contributed by atoms with Crippen LogP contribution in [-0.2, 0) is 21.7 Å². The topological polar surface area (TPSA) is 0 Å². The van der Waals surface area contributed by atoms with E-state index in [-0.39, 0.29) is 37.6 Å². The van der Waals surface area contributed by atoms with E-state index in [2.05, 4.69) is 45.9 Å². The molecular formula is C18H28P2Ti-6. The van der Waals surface area contributed by atoms with Crippen LogP contribution in [0.4, 0.5) is 0 Å². The molecule has 120 valence electrons. The first-order valence-corrected chi connectivity index (χ1v) is 11.1. The zero-order chi connectivity index (χ0) is 14.8. The summed E-state index contributed by atoms with van der Waals surface area (Å²) in [5, 5.41) is 3.43. The van der Waals surface area contributed by atoms with Crippen LogP contribution in [0.5, 0.6) is 0 Å². The molecule has 0 saturated heterocycles.